The van der Waals surface area contributed by atoms with Crippen LogP contribution >= 0.6 is 0 Å². The quantitative estimate of drug-likeness (QED) is 0.496. The van der Waals surface area contributed by atoms with Gasteiger partial charge in [-0.15, -0.1) is 0 Å². The van der Waals surface area contributed by atoms with E-state index in [1.54, 1.807) is 0 Å². The van der Waals surface area contributed by atoms with Crippen molar-refractivity contribution in [3.05, 3.63) is 24.3 Å². The zero-order chi connectivity index (χ0) is 11.8. The fourth-order valence-electron chi connectivity index (χ4n) is 0.768. The molecule has 0 saturated carbocycles. The number of carboxylic acid groups (broad SMARTS) is 1. The smallest absolute Gasteiger partial charge is 0.330 e. The first-order valence-corrected chi connectivity index (χ1v) is 4.35. The summed E-state index contributed by atoms with van der Waals surface area (Å²) >= 11 is 0. The van der Waals surface area contributed by atoms with Gasteiger partial charge in [0, 0.05) is 18.1 Å². The highest BCUT2D eigenvalue weighted by atomic mass is 16.5. The first kappa shape index (κ1) is 13.4. The fourth-order valence-corrected chi connectivity index (χ4v) is 0.768. The molecule has 0 amide bonds. The first-order valence-electron chi connectivity index (χ1n) is 4.35. The predicted molar refractivity (Wildman–Crippen MR) is 53.2 cm³/mol. The SMILES string of the molecule is C=CC(=O)OC(CO)CC=C(C)C(=O)O. The van der Waals surface area contributed by atoms with Gasteiger partial charge in [-0.05, 0) is 6.92 Å². The number of esters is 1. The third kappa shape index (κ3) is 5.64. The second kappa shape index (κ2) is 6.78. The highest BCUT2D eigenvalue weighted by Crippen LogP contribution is 2.03. The Balaban J connectivity index is 4.22. The Morgan fingerprint density at radius 3 is 2.53 bits per heavy atom. The van der Waals surface area contributed by atoms with E-state index in [0.29, 0.717) is 0 Å². The molecule has 0 aliphatic heterocycles. The summed E-state index contributed by atoms with van der Waals surface area (Å²) < 4.78 is 4.73. The topological polar surface area (TPSA) is 83.8 Å². The van der Waals surface area contributed by atoms with E-state index >= 15 is 0 Å². The van der Waals surface area contributed by atoms with Crippen molar-refractivity contribution in [3.8, 4) is 0 Å². The van der Waals surface area contributed by atoms with E-state index in [1.807, 2.05) is 0 Å². The molecule has 2 N–H and O–H groups in total. The van der Waals surface area contributed by atoms with E-state index in [4.69, 9.17) is 14.9 Å². The van der Waals surface area contributed by atoms with Gasteiger partial charge in [0.2, 0.25) is 0 Å². The number of aliphatic hydroxyl groups excluding tert-OH is 1. The van der Waals surface area contributed by atoms with Crippen LogP contribution in [0.25, 0.3) is 0 Å². The zero-order valence-electron chi connectivity index (χ0n) is 8.47. The van der Waals surface area contributed by atoms with Gasteiger partial charge in [0.25, 0.3) is 0 Å². The maximum absolute atomic E-state index is 10.8. The van der Waals surface area contributed by atoms with Crippen LogP contribution in [0.5, 0.6) is 0 Å². The molecule has 0 aliphatic carbocycles. The summed E-state index contributed by atoms with van der Waals surface area (Å²) in [6, 6.07) is 0. The number of carbonyl (C=O) groups excluding carboxylic acids is 1. The molecule has 5 nitrogen and oxygen atoms in total. The normalized spacial score (nSPS) is 13.1. The van der Waals surface area contributed by atoms with Gasteiger partial charge >= 0.3 is 11.9 Å². The van der Waals surface area contributed by atoms with Gasteiger partial charge in [-0.2, -0.15) is 0 Å². The lowest BCUT2D eigenvalue weighted by Gasteiger charge is -2.11. The van der Waals surface area contributed by atoms with Crippen LogP contribution in [0.2, 0.25) is 0 Å². The number of carboxylic acids is 1. The maximum atomic E-state index is 10.8. The van der Waals surface area contributed by atoms with Gasteiger partial charge in [0.05, 0.1) is 6.61 Å². The Morgan fingerprint density at radius 2 is 2.13 bits per heavy atom. The average molecular weight is 214 g/mol. The molecular formula is C10H14O5. The Kier molecular flexibility index (Phi) is 6.05. The Hall–Kier alpha value is -1.62. The Morgan fingerprint density at radius 1 is 1.53 bits per heavy atom. The van der Waals surface area contributed by atoms with E-state index in [9.17, 15) is 9.59 Å². The molecule has 0 radical (unpaired) electrons. The van der Waals surface area contributed by atoms with E-state index in [2.05, 4.69) is 6.58 Å². The van der Waals surface area contributed by atoms with Gasteiger partial charge in [-0.25, -0.2) is 9.59 Å². The van der Waals surface area contributed by atoms with E-state index < -0.39 is 18.0 Å². The highest BCUT2D eigenvalue weighted by molar-refractivity contribution is 5.85. The minimum absolute atomic E-state index is 0.142. The summed E-state index contributed by atoms with van der Waals surface area (Å²) in [6.07, 6.45) is 1.80. The molecule has 0 aliphatic rings. The first-order chi connectivity index (χ1) is 7.01. The fraction of sp³-hybridized carbons (Fsp3) is 0.400. The van der Waals surface area contributed by atoms with E-state index in [-0.39, 0.29) is 18.6 Å². The number of hydrogen-bond donors (Lipinski definition) is 2. The Labute approximate surface area is 87.7 Å². The summed E-state index contributed by atoms with van der Waals surface area (Å²) in [7, 11) is 0. The molecular weight excluding hydrogens is 200 g/mol. The van der Waals surface area contributed by atoms with Crippen LogP contribution in [-0.2, 0) is 14.3 Å². The molecule has 0 saturated heterocycles. The van der Waals surface area contributed by atoms with Gasteiger partial charge in [0.15, 0.2) is 0 Å². The molecule has 0 aromatic heterocycles. The largest absolute Gasteiger partial charge is 0.478 e. The molecule has 0 rings (SSSR count). The van der Waals surface area contributed by atoms with Crippen molar-refractivity contribution >= 4 is 11.9 Å². The minimum Gasteiger partial charge on any atom is -0.478 e. The van der Waals surface area contributed by atoms with Crippen LogP contribution in [0, 0.1) is 0 Å². The van der Waals surface area contributed by atoms with Gasteiger partial charge in [0.1, 0.15) is 6.10 Å². The molecule has 84 valence electrons. The highest BCUT2D eigenvalue weighted by Gasteiger charge is 2.10. The summed E-state index contributed by atoms with van der Waals surface area (Å²) in [5, 5.41) is 17.4. The summed E-state index contributed by atoms with van der Waals surface area (Å²) in [6.45, 7) is 4.27. The molecule has 0 aromatic carbocycles. The molecule has 1 unspecified atom stereocenters. The molecule has 15 heavy (non-hydrogen) atoms. The third-order valence-electron chi connectivity index (χ3n) is 1.68. The van der Waals surface area contributed by atoms with Gasteiger partial charge < -0.3 is 14.9 Å². The lowest BCUT2D eigenvalue weighted by Crippen LogP contribution is -2.20. The van der Waals surface area contributed by atoms with E-state index in [0.717, 1.165) is 6.08 Å². The number of ether oxygens (including phenoxy) is 1. The van der Waals surface area contributed by atoms with Crippen molar-refractivity contribution in [2.45, 2.75) is 19.4 Å². The van der Waals surface area contributed by atoms with Crippen molar-refractivity contribution < 1.29 is 24.5 Å². The molecule has 1 atom stereocenters. The lowest BCUT2D eigenvalue weighted by molar-refractivity contribution is -0.144. The monoisotopic (exact) mass is 214 g/mol. The summed E-state index contributed by atoms with van der Waals surface area (Å²) in [5.74, 6) is -1.68. The van der Waals surface area contributed by atoms with Crippen LogP contribution in [0.4, 0.5) is 0 Å². The Bertz CT molecular complexity index is 280. The second-order valence-corrected chi connectivity index (χ2v) is 2.87. The molecule has 0 heterocycles. The van der Waals surface area contributed by atoms with Crippen molar-refractivity contribution in [2.24, 2.45) is 0 Å². The summed E-state index contributed by atoms with van der Waals surface area (Å²) in [5.41, 5.74) is 0.142. The summed E-state index contributed by atoms with van der Waals surface area (Å²) in [4.78, 5) is 21.2. The lowest BCUT2D eigenvalue weighted by atomic mass is 10.2. The van der Waals surface area contributed by atoms with Crippen LogP contribution in [0.3, 0.4) is 0 Å². The van der Waals surface area contributed by atoms with Crippen molar-refractivity contribution in [2.75, 3.05) is 6.61 Å². The second-order valence-electron chi connectivity index (χ2n) is 2.87. The van der Waals surface area contributed by atoms with Crippen molar-refractivity contribution in [1.82, 2.24) is 0 Å². The number of hydrogen-bond acceptors (Lipinski definition) is 4. The predicted octanol–water partition coefficient (Wildman–Crippen LogP) is 0.497. The van der Waals surface area contributed by atoms with Gasteiger partial charge in [-0.1, -0.05) is 12.7 Å². The van der Waals surface area contributed by atoms with Crippen LogP contribution in [-0.4, -0.2) is 34.9 Å². The molecule has 0 bridgehead atoms. The number of carbonyl (C=O) groups is 2. The van der Waals surface area contributed by atoms with Crippen LogP contribution in [0.1, 0.15) is 13.3 Å². The standard InChI is InChI=1S/C10H14O5/c1-3-9(12)15-8(6-11)5-4-7(2)10(13)14/h3-4,8,11H,1,5-6H2,2H3,(H,13,14). The molecule has 0 aromatic rings. The van der Waals surface area contributed by atoms with Crippen molar-refractivity contribution in [1.29, 1.82) is 0 Å². The third-order valence-corrected chi connectivity index (χ3v) is 1.68. The maximum Gasteiger partial charge on any atom is 0.330 e. The van der Waals surface area contributed by atoms with Crippen LogP contribution in [0.15, 0.2) is 24.3 Å². The number of rotatable bonds is 6. The van der Waals surface area contributed by atoms with E-state index in [1.165, 1.54) is 13.0 Å². The molecule has 0 spiro atoms. The number of aliphatic carboxylic acids is 1. The minimum atomic E-state index is -1.04. The zero-order valence-corrected chi connectivity index (χ0v) is 8.47. The molecule has 5 heteroatoms. The molecule has 0 fully saturated rings. The average Bonchev–Trinajstić information content (AvgIpc) is 2.22. The van der Waals surface area contributed by atoms with Gasteiger partial charge in [-0.3, -0.25) is 0 Å². The van der Waals surface area contributed by atoms with Crippen molar-refractivity contribution in [3.63, 3.8) is 0 Å². The van der Waals surface area contributed by atoms with Crippen LogP contribution < -0.4 is 0 Å². The number of aliphatic hydroxyl groups is 1.